The van der Waals surface area contributed by atoms with E-state index in [1.165, 1.54) is 4.90 Å². The van der Waals surface area contributed by atoms with Crippen molar-refractivity contribution in [3.05, 3.63) is 61.5 Å². The highest BCUT2D eigenvalue weighted by Gasteiger charge is 2.17. The lowest BCUT2D eigenvalue weighted by Gasteiger charge is -2.18. The van der Waals surface area contributed by atoms with Gasteiger partial charge in [-0.1, -0.05) is 12.1 Å². The highest BCUT2D eigenvalue weighted by Crippen LogP contribution is 2.21. The Morgan fingerprint density at radius 2 is 1.96 bits per heavy atom. The van der Waals surface area contributed by atoms with Gasteiger partial charge in [0.05, 0.1) is 12.2 Å². The van der Waals surface area contributed by atoms with Crippen LogP contribution in [0.5, 0.6) is 0 Å². The highest BCUT2D eigenvalue weighted by molar-refractivity contribution is 9.10. The Hall–Kier alpha value is -2.92. The summed E-state index contributed by atoms with van der Waals surface area (Å²) in [6.07, 6.45) is 0.537. The van der Waals surface area contributed by atoms with Gasteiger partial charge in [-0.25, -0.2) is 0 Å². The Labute approximate surface area is 171 Å². The molecule has 0 radical (unpaired) electrons. The van der Waals surface area contributed by atoms with Gasteiger partial charge in [-0.3, -0.25) is 14.4 Å². The summed E-state index contributed by atoms with van der Waals surface area (Å²) < 4.78 is 0.759. The van der Waals surface area contributed by atoms with E-state index in [1.807, 2.05) is 18.2 Å². The average molecular weight is 445 g/mol. The van der Waals surface area contributed by atoms with Crippen molar-refractivity contribution < 1.29 is 9.59 Å². The minimum Gasteiger partial charge on any atom is -0.336 e. The molecule has 0 spiro atoms. The molecule has 0 bridgehead atoms. The summed E-state index contributed by atoms with van der Waals surface area (Å²) in [5, 5.41) is 11.9. The molecule has 8 heteroatoms. The number of carbonyl (C=O) groups excluding carboxylic acids is 2. The summed E-state index contributed by atoms with van der Waals surface area (Å²) >= 11 is 3.36. The molecule has 1 heterocycles. The van der Waals surface area contributed by atoms with Crippen molar-refractivity contribution in [2.24, 2.45) is 0 Å². The number of rotatable bonds is 6. The monoisotopic (exact) mass is 444 g/mol. The molecule has 0 atom stereocenters. The van der Waals surface area contributed by atoms with Crippen LogP contribution in [0.25, 0.3) is 0 Å². The number of H-pyrrole nitrogens is 1. The molecule has 1 aromatic heterocycles. The molecule has 0 aliphatic heterocycles. The first kappa shape index (κ1) is 21.4. The van der Waals surface area contributed by atoms with Gasteiger partial charge in [-0.05, 0) is 59.5 Å². The second-order valence-corrected chi connectivity index (χ2v) is 7.30. The number of carbonyl (C=O) groups is 2. The van der Waals surface area contributed by atoms with E-state index in [1.54, 1.807) is 33.0 Å². The van der Waals surface area contributed by atoms with Crippen molar-refractivity contribution in [1.29, 1.82) is 5.26 Å². The van der Waals surface area contributed by atoms with E-state index in [0.29, 0.717) is 23.4 Å². The van der Waals surface area contributed by atoms with Gasteiger partial charge < -0.3 is 15.2 Å². The van der Waals surface area contributed by atoms with Crippen LogP contribution in [0.4, 0.5) is 5.69 Å². The van der Waals surface area contributed by atoms with Crippen LogP contribution in [0.3, 0.4) is 0 Å². The van der Waals surface area contributed by atoms with Gasteiger partial charge in [0.2, 0.25) is 11.8 Å². The first-order valence-electron chi connectivity index (χ1n) is 8.65. The summed E-state index contributed by atoms with van der Waals surface area (Å²) in [7, 11) is 1.56. The zero-order valence-electron chi connectivity index (χ0n) is 15.9. The Morgan fingerprint density at radius 3 is 2.61 bits per heavy atom. The lowest BCUT2D eigenvalue weighted by molar-refractivity contribution is -0.133. The molecule has 0 saturated heterocycles. The standard InChI is InChI=1S/C20H21BrN4O3/c1-12-14(13(2)23-20(28)15(12)10-22)8-9-19(27)25(3)11-18(26)24-17-7-5-4-6-16(17)21/h4-7H,8-9,11H2,1-3H3,(H,23,28)(H,24,26). The maximum Gasteiger partial charge on any atom is 0.266 e. The second kappa shape index (κ2) is 9.33. The van der Waals surface area contributed by atoms with Gasteiger partial charge in [0.25, 0.3) is 5.56 Å². The number of pyridine rings is 1. The minimum atomic E-state index is -0.423. The molecule has 146 valence electrons. The van der Waals surface area contributed by atoms with E-state index in [2.05, 4.69) is 26.2 Å². The predicted octanol–water partition coefficient (Wildman–Crippen LogP) is 2.66. The fourth-order valence-corrected chi connectivity index (χ4v) is 3.28. The van der Waals surface area contributed by atoms with Crippen LogP contribution in [0.2, 0.25) is 0 Å². The number of nitriles is 1. The molecular formula is C20H21BrN4O3. The number of aromatic amines is 1. The fraction of sp³-hybridized carbons (Fsp3) is 0.300. The van der Waals surface area contributed by atoms with Crippen molar-refractivity contribution in [3.63, 3.8) is 0 Å². The van der Waals surface area contributed by atoms with Crippen molar-refractivity contribution in [3.8, 4) is 6.07 Å². The number of likely N-dealkylation sites (N-methyl/N-ethyl adjacent to an activating group) is 1. The van der Waals surface area contributed by atoms with Crippen molar-refractivity contribution in [2.75, 3.05) is 18.9 Å². The molecule has 2 rings (SSSR count). The smallest absolute Gasteiger partial charge is 0.266 e. The maximum absolute atomic E-state index is 12.4. The van der Waals surface area contributed by atoms with Crippen LogP contribution in [0.15, 0.2) is 33.5 Å². The quantitative estimate of drug-likeness (QED) is 0.713. The zero-order chi connectivity index (χ0) is 20.8. The summed E-state index contributed by atoms with van der Waals surface area (Å²) in [5.74, 6) is -0.503. The third kappa shape index (κ3) is 5.08. The molecule has 2 amide bonds. The first-order chi connectivity index (χ1) is 13.2. The van der Waals surface area contributed by atoms with E-state index >= 15 is 0 Å². The number of halogens is 1. The molecule has 0 fully saturated rings. The number of anilines is 1. The Bertz CT molecular complexity index is 1010. The number of para-hydroxylation sites is 1. The number of nitrogens with one attached hydrogen (secondary N) is 2. The molecule has 0 saturated carbocycles. The van der Waals surface area contributed by atoms with Gasteiger partial charge in [-0.15, -0.1) is 0 Å². The van der Waals surface area contributed by atoms with Gasteiger partial charge in [0.15, 0.2) is 0 Å². The number of nitrogens with zero attached hydrogens (tertiary/aromatic N) is 2. The lowest BCUT2D eigenvalue weighted by Crippen LogP contribution is -2.35. The first-order valence-corrected chi connectivity index (χ1v) is 9.44. The van der Waals surface area contributed by atoms with Gasteiger partial charge in [0.1, 0.15) is 11.6 Å². The minimum absolute atomic E-state index is 0.0641. The average Bonchev–Trinajstić information content (AvgIpc) is 2.63. The predicted molar refractivity (Wildman–Crippen MR) is 110 cm³/mol. The Balaban J connectivity index is 1.98. The number of hydrogen-bond acceptors (Lipinski definition) is 4. The van der Waals surface area contributed by atoms with E-state index in [4.69, 9.17) is 5.26 Å². The molecule has 1 aromatic carbocycles. The van der Waals surface area contributed by atoms with Crippen molar-refractivity contribution in [1.82, 2.24) is 9.88 Å². The van der Waals surface area contributed by atoms with E-state index in [9.17, 15) is 14.4 Å². The van der Waals surface area contributed by atoms with Crippen LogP contribution in [-0.2, 0) is 16.0 Å². The topological polar surface area (TPSA) is 106 Å². The van der Waals surface area contributed by atoms with Crippen LogP contribution in [-0.4, -0.2) is 35.3 Å². The van der Waals surface area contributed by atoms with E-state index in [-0.39, 0.29) is 30.3 Å². The number of amides is 2. The lowest BCUT2D eigenvalue weighted by atomic mass is 9.99. The third-order valence-corrected chi connectivity index (χ3v) is 5.16. The van der Waals surface area contributed by atoms with Gasteiger partial charge in [-0.2, -0.15) is 5.26 Å². The number of benzene rings is 1. The normalized spacial score (nSPS) is 10.2. The summed E-state index contributed by atoms with van der Waals surface area (Å²) in [6.45, 7) is 3.37. The zero-order valence-corrected chi connectivity index (χ0v) is 17.5. The Kier molecular flexibility index (Phi) is 7.12. The van der Waals surface area contributed by atoms with Crippen molar-refractivity contribution in [2.45, 2.75) is 26.7 Å². The van der Waals surface area contributed by atoms with Crippen LogP contribution >= 0.6 is 15.9 Å². The molecule has 7 nitrogen and oxygen atoms in total. The molecule has 28 heavy (non-hydrogen) atoms. The second-order valence-electron chi connectivity index (χ2n) is 6.45. The molecular weight excluding hydrogens is 424 g/mol. The number of aryl methyl sites for hydroxylation is 1. The maximum atomic E-state index is 12.4. The summed E-state index contributed by atoms with van der Waals surface area (Å²) in [4.78, 5) is 40.4. The van der Waals surface area contributed by atoms with E-state index < -0.39 is 5.56 Å². The largest absolute Gasteiger partial charge is 0.336 e. The fourth-order valence-electron chi connectivity index (χ4n) is 2.90. The van der Waals surface area contributed by atoms with E-state index in [0.717, 1.165) is 10.0 Å². The number of hydrogen-bond donors (Lipinski definition) is 2. The molecule has 0 unspecified atom stereocenters. The van der Waals surface area contributed by atoms with Crippen molar-refractivity contribution >= 4 is 33.4 Å². The highest BCUT2D eigenvalue weighted by atomic mass is 79.9. The molecule has 2 N–H and O–H groups in total. The SMILES string of the molecule is Cc1[nH]c(=O)c(C#N)c(C)c1CCC(=O)N(C)CC(=O)Nc1ccccc1Br. The summed E-state index contributed by atoms with van der Waals surface area (Å²) in [5.41, 5.74) is 2.28. The van der Waals surface area contributed by atoms with Crippen LogP contribution in [0.1, 0.15) is 28.8 Å². The van der Waals surface area contributed by atoms with Gasteiger partial charge in [0, 0.05) is 23.6 Å². The summed E-state index contributed by atoms with van der Waals surface area (Å²) in [6, 6.07) is 9.12. The third-order valence-electron chi connectivity index (χ3n) is 4.46. The Morgan fingerprint density at radius 1 is 1.29 bits per heavy atom. The molecule has 0 aliphatic rings. The molecule has 2 aromatic rings. The van der Waals surface area contributed by atoms with Crippen LogP contribution in [0, 0.1) is 25.2 Å². The number of aromatic nitrogens is 1. The molecule has 0 aliphatic carbocycles. The van der Waals surface area contributed by atoms with Crippen LogP contribution < -0.4 is 10.9 Å². The van der Waals surface area contributed by atoms with Gasteiger partial charge >= 0.3 is 0 Å².